The molecule has 0 aliphatic carbocycles. The summed E-state index contributed by atoms with van der Waals surface area (Å²) in [6.45, 7) is 1.54. The number of carbonyl (C=O) groups is 2. The first kappa shape index (κ1) is 28.5. The summed E-state index contributed by atoms with van der Waals surface area (Å²) in [4.78, 5) is 28.8. The molecule has 5 atom stereocenters. The minimum atomic E-state index is -0.581. The van der Waals surface area contributed by atoms with Gasteiger partial charge in [-0.2, -0.15) is 0 Å². The van der Waals surface area contributed by atoms with Gasteiger partial charge >= 0.3 is 6.09 Å². The molecule has 0 aromatic heterocycles. The maximum absolute atomic E-state index is 13.3. The Morgan fingerprint density at radius 2 is 1.76 bits per heavy atom. The number of methoxy groups -OCH3 is 1. The molecular formula is C32H34ClN3O6. The SMILES string of the molecule is COc1cc(NC(=O)C(C)c2ccc(-c3ccccc3)c(NC(=O)OC3CC4C5OC5C(C3)N4C)c2)c(Cl)cc1CO. The van der Waals surface area contributed by atoms with Gasteiger partial charge in [0, 0.05) is 42.1 Å². The van der Waals surface area contributed by atoms with E-state index in [-0.39, 0.29) is 47.9 Å². The first-order valence-electron chi connectivity index (χ1n) is 14.1. The Bertz CT molecular complexity index is 1480. The van der Waals surface area contributed by atoms with E-state index in [1.54, 1.807) is 19.1 Å². The molecule has 3 aromatic carbocycles. The number of fused-ring (bicyclic) bond motifs is 5. The van der Waals surface area contributed by atoms with Crippen molar-refractivity contribution < 1.29 is 28.9 Å². The Hall–Kier alpha value is -3.63. The molecule has 3 aliphatic heterocycles. The Balaban J connectivity index is 1.20. The number of epoxide rings is 1. The van der Waals surface area contributed by atoms with Crippen molar-refractivity contribution in [3.05, 3.63) is 76.8 Å². The van der Waals surface area contributed by atoms with Crippen LogP contribution in [0.5, 0.6) is 5.75 Å². The second kappa shape index (κ2) is 11.6. The Morgan fingerprint density at radius 3 is 2.43 bits per heavy atom. The van der Waals surface area contributed by atoms with E-state index in [4.69, 9.17) is 25.8 Å². The molecule has 10 heteroatoms. The number of benzene rings is 3. The molecule has 2 bridgehead atoms. The van der Waals surface area contributed by atoms with Gasteiger partial charge in [-0.3, -0.25) is 15.0 Å². The predicted octanol–water partition coefficient (Wildman–Crippen LogP) is 5.41. The highest BCUT2D eigenvalue weighted by Gasteiger charge is 2.62. The molecule has 42 heavy (non-hydrogen) atoms. The fourth-order valence-corrected chi connectivity index (χ4v) is 6.52. The number of amides is 2. The fourth-order valence-electron chi connectivity index (χ4n) is 6.29. The molecular weight excluding hydrogens is 558 g/mol. The maximum Gasteiger partial charge on any atom is 0.411 e. The molecule has 0 spiro atoms. The smallest absolute Gasteiger partial charge is 0.411 e. The average Bonchev–Trinajstić information content (AvgIpc) is 3.76. The number of nitrogens with zero attached hydrogens (tertiary/aromatic N) is 1. The number of carbonyl (C=O) groups excluding carboxylic acids is 2. The lowest BCUT2D eigenvalue weighted by Gasteiger charge is -2.37. The Kier molecular flexibility index (Phi) is 7.85. The summed E-state index contributed by atoms with van der Waals surface area (Å²) in [7, 11) is 3.60. The van der Waals surface area contributed by atoms with Crippen LogP contribution in [0, 0.1) is 0 Å². The van der Waals surface area contributed by atoms with Crippen molar-refractivity contribution in [1.82, 2.24) is 4.90 Å². The van der Waals surface area contributed by atoms with Crippen molar-refractivity contribution in [3.8, 4) is 16.9 Å². The first-order valence-corrected chi connectivity index (χ1v) is 14.5. The van der Waals surface area contributed by atoms with E-state index in [1.165, 1.54) is 7.11 Å². The molecule has 3 aliphatic rings. The monoisotopic (exact) mass is 591 g/mol. The summed E-state index contributed by atoms with van der Waals surface area (Å²) in [5, 5.41) is 15.7. The van der Waals surface area contributed by atoms with Crippen LogP contribution in [-0.4, -0.2) is 66.6 Å². The zero-order valence-corrected chi connectivity index (χ0v) is 24.4. The van der Waals surface area contributed by atoms with Gasteiger partial charge in [0.1, 0.15) is 24.1 Å². The van der Waals surface area contributed by atoms with Crippen molar-refractivity contribution in [2.45, 2.75) is 62.7 Å². The highest BCUT2D eigenvalue weighted by Crippen LogP contribution is 2.48. The topological polar surface area (TPSA) is 113 Å². The number of morpholine rings is 1. The summed E-state index contributed by atoms with van der Waals surface area (Å²) in [6, 6.07) is 19.0. The van der Waals surface area contributed by atoms with Gasteiger partial charge in [-0.15, -0.1) is 0 Å². The highest BCUT2D eigenvalue weighted by molar-refractivity contribution is 6.34. The molecule has 220 valence electrons. The number of hydrogen-bond acceptors (Lipinski definition) is 7. The molecule has 9 nitrogen and oxygen atoms in total. The number of halogens is 1. The second-order valence-corrected chi connectivity index (χ2v) is 11.6. The van der Waals surface area contributed by atoms with Crippen molar-refractivity contribution in [2.24, 2.45) is 0 Å². The lowest BCUT2D eigenvalue weighted by Crippen LogP contribution is -2.48. The van der Waals surface area contributed by atoms with Crippen LogP contribution in [0.1, 0.15) is 36.8 Å². The van der Waals surface area contributed by atoms with Crippen molar-refractivity contribution in [1.29, 1.82) is 0 Å². The molecule has 6 rings (SSSR count). The van der Waals surface area contributed by atoms with Crippen LogP contribution in [0.2, 0.25) is 5.02 Å². The van der Waals surface area contributed by atoms with Crippen molar-refractivity contribution >= 4 is 35.0 Å². The quantitative estimate of drug-likeness (QED) is 0.300. The van der Waals surface area contributed by atoms with Crippen LogP contribution in [0.4, 0.5) is 16.2 Å². The number of aliphatic hydroxyl groups excluding tert-OH is 1. The van der Waals surface area contributed by atoms with E-state index in [1.807, 2.05) is 48.5 Å². The molecule has 3 fully saturated rings. The van der Waals surface area contributed by atoms with E-state index in [2.05, 4.69) is 22.6 Å². The number of nitrogens with one attached hydrogen (secondary N) is 2. The van der Waals surface area contributed by atoms with Gasteiger partial charge in [0.15, 0.2) is 0 Å². The van der Waals surface area contributed by atoms with Gasteiger partial charge in [-0.25, -0.2) is 4.79 Å². The van der Waals surface area contributed by atoms with Gasteiger partial charge in [0.25, 0.3) is 0 Å². The molecule has 0 saturated carbocycles. The van der Waals surface area contributed by atoms with Crippen molar-refractivity contribution in [3.63, 3.8) is 0 Å². The lowest BCUT2D eigenvalue weighted by atomic mass is 9.95. The third-order valence-corrected chi connectivity index (χ3v) is 9.02. The van der Waals surface area contributed by atoms with Gasteiger partial charge in [0.05, 0.1) is 36.0 Å². The molecule has 3 aromatic rings. The van der Waals surface area contributed by atoms with Gasteiger partial charge < -0.3 is 24.6 Å². The average molecular weight is 592 g/mol. The summed E-state index contributed by atoms with van der Waals surface area (Å²) < 4.78 is 17.0. The first-order chi connectivity index (χ1) is 20.3. The Labute approximate surface area is 249 Å². The van der Waals surface area contributed by atoms with Crippen LogP contribution in [-0.2, 0) is 20.9 Å². The van der Waals surface area contributed by atoms with E-state index in [0.717, 1.165) is 24.0 Å². The number of aliphatic hydroxyl groups is 1. The van der Waals surface area contributed by atoms with Crippen LogP contribution in [0.3, 0.4) is 0 Å². The van der Waals surface area contributed by atoms with Crippen LogP contribution in [0.25, 0.3) is 11.1 Å². The second-order valence-electron chi connectivity index (χ2n) is 11.2. The van der Waals surface area contributed by atoms with Crippen LogP contribution >= 0.6 is 11.6 Å². The number of anilines is 2. The zero-order valence-electron chi connectivity index (χ0n) is 23.7. The summed E-state index contributed by atoms with van der Waals surface area (Å²) >= 11 is 6.37. The summed E-state index contributed by atoms with van der Waals surface area (Å²) in [5.41, 5.74) is 3.89. The number of ether oxygens (including phenoxy) is 3. The number of rotatable bonds is 8. The number of piperidine rings is 1. The third kappa shape index (κ3) is 5.45. The molecule has 5 unspecified atom stereocenters. The predicted molar refractivity (Wildman–Crippen MR) is 160 cm³/mol. The van der Waals surface area contributed by atoms with Crippen LogP contribution in [0.15, 0.2) is 60.7 Å². The minimum Gasteiger partial charge on any atom is -0.496 e. The van der Waals surface area contributed by atoms with Gasteiger partial charge in [-0.1, -0.05) is 54.1 Å². The summed E-state index contributed by atoms with van der Waals surface area (Å²) in [6.07, 6.45) is 1.31. The Morgan fingerprint density at radius 1 is 1.05 bits per heavy atom. The largest absolute Gasteiger partial charge is 0.496 e. The number of hydrogen-bond donors (Lipinski definition) is 3. The molecule has 3 saturated heterocycles. The van der Waals surface area contributed by atoms with E-state index in [0.29, 0.717) is 28.3 Å². The maximum atomic E-state index is 13.3. The molecule has 2 amide bonds. The molecule has 3 heterocycles. The van der Waals surface area contributed by atoms with E-state index in [9.17, 15) is 14.7 Å². The molecule has 3 N–H and O–H groups in total. The zero-order chi connectivity index (χ0) is 29.5. The van der Waals surface area contributed by atoms with Crippen molar-refractivity contribution in [2.75, 3.05) is 24.8 Å². The third-order valence-electron chi connectivity index (χ3n) is 8.71. The number of likely N-dealkylation sites (N-methyl/N-ethyl adjacent to an activating group) is 1. The van der Waals surface area contributed by atoms with Gasteiger partial charge in [-0.05, 0) is 37.2 Å². The minimum absolute atomic E-state index is 0.181. The summed E-state index contributed by atoms with van der Waals surface area (Å²) in [5.74, 6) is -0.453. The van der Waals surface area contributed by atoms with E-state index < -0.39 is 12.0 Å². The molecule has 0 radical (unpaired) electrons. The van der Waals surface area contributed by atoms with Crippen LogP contribution < -0.4 is 15.4 Å². The van der Waals surface area contributed by atoms with Gasteiger partial charge in [0.2, 0.25) is 5.91 Å². The lowest BCUT2D eigenvalue weighted by molar-refractivity contribution is -0.117. The highest BCUT2D eigenvalue weighted by atomic mass is 35.5. The fraction of sp³-hybridized carbons (Fsp3) is 0.375. The van der Waals surface area contributed by atoms with E-state index >= 15 is 0 Å². The normalized spacial score (nSPS) is 24.8. The standard InChI is InChI=1S/C32H34ClN3O6/c1-17(31(38)34-25-15-28(40-3)20(16-37)11-23(25)33)19-9-10-22(18-7-5-4-6-8-18)24(12-19)35-32(39)41-21-13-26-29-30(42-29)27(14-21)36(26)2/h4-12,15,17,21,26-27,29-30,37H,13-14,16H2,1-3H3,(H,34,38)(H,35,39).